The number of nitro benzene ring substituents is 1. The molecule has 0 radical (unpaired) electrons. The van der Waals surface area contributed by atoms with Crippen molar-refractivity contribution in [3.63, 3.8) is 0 Å². The first kappa shape index (κ1) is 27.0. The average Bonchev–Trinajstić information content (AvgIpc) is 2.96. The van der Waals surface area contributed by atoms with E-state index in [1.165, 1.54) is 23.0 Å². The number of hydrogen-bond acceptors (Lipinski definition) is 7. The molecule has 0 unspecified atom stereocenters. The zero-order valence-electron chi connectivity index (χ0n) is 21.5. The molecule has 1 heterocycles. The summed E-state index contributed by atoms with van der Waals surface area (Å²) in [5.41, 5.74) is 0.711. The number of carbonyl (C=O) groups excluding carboxylic acids is 1. The molecule has 5 rings (SSSR count). The Morgan fingerprint density at radius 3 is 2.60 bits per heavy atom. The van der Waals surface area contributed by atoms with E-state index in [1.807, 2.05) is 12.1 Å². The Hall–Kier alpha value is -4.57. The Labute approximate surface area is 234 Å². The summed E-state index contributed by atoms with van der Waals surface area (Å²) in [6.07, 6.45) is 6.38. The van der Waals surface area contributed by atoms with E-state index >= 15 is 0 Å². The van der Waals surface area contributed by atoms with E-state index in [1.54, 1.807) is 42.5 Å². The van der Waals surface area contributed by atoms with Gasteiger partial charge in [-0.1, -0.05) is 61.2 Å². The number of nitrogens with zero attached hydrogens (tertiary/aromatic N) is 4. The second kappa shape index (κ2) is 12.1. The standard InChI is InChI=1S/C29H26ClN5O5/c30-23-15-19(16-25(35(38)39)27(23)40-18-26(36)32-21-11-5-2-6-12-21)17-31-34-28(20-9-3-1-4-10-20)33-24-14-8-7-13-22(24)29(34)37/h2,5-8,11-17,20H,1,3-4,9-10,18H2,(H,32,36). The van der Waals surface area contributed by atoms with Crippen molar-refractivity contribution in [2.75, 3.05) is 11.9 Å². The molecule has 1 aromatic heterocycles. The molecular weight excluding hydrogens is 534 g/mol. The fourth-order valence-corrected chi connectivity index (χ4v) is 5.09. The van der Waals surface area contributed by atoms with Gasteiger partial charge in [-0.3, -0.25) is 19.7 Å². The summed E-state index contributed by atoms with van der Waals surface area (Å²) in [4.78, 5) is 41.7. The lowest BCUT2D eigenvalue weighted by molar-refractivity contribution is -0.385. The third-order valence-corrected chi connectivity index (χ3v) is 7.00. The topological polar surface area (TPSA) is 129 Å². The number of nitro groups is 1. The van der Waals surface area contributed by atoms with Gasteiger partial charge in [-0.05, 0) is 43.2 Å². The van der Waals surface area contributed by atoms with Crippen molar-refractivity contribution in [3.8, 4) is 5.75 Å². The minimum Gasteiger partial charge on any atom is -0.476 e. The van der Waals surface area contributed by atoms with Gasteiger partial charge in [0.1, 0.15) is 5.82 Å². The summed E-state index contributed by atoms with van der Waals surface area (Å²) < 4.78 is 6.74. The van der Waals surface area contributed by atoms with Crippen LogP contribution in [0.3, 0.4) is 0 Å². The molecule has 204 valence electrons. The van der Waals surface area contributed by atoms with Crippen LogP contribution in [-0.4, -0.2) is 33.3 Å². The number of anilines is 1. The Morgan fingerprint density at radius 1 is 1.12 bits per heavy atom. The van der Waals surface area contributed by atoms with Gasteiger partial charge in [-0.15, -0.1) is 0 Å². The lowest BCUT2D eigenvalue weighted by Gasteiger charge is -2.22. The maximum atomic E-state index is 13.4. The van der Waals surface area contributed by atoms with Crippen LogP contribution in [0.4, 0.5) is 11.4 Å². The Morgan fingerprint density at radius 2 is 1.85 bits per heavy atom. The van der Waals surface area contributed by atoms with Gasteiger partial charge in [0.25, 0.3) is 11.5 Å². The van der Waals surface area contributed by atoms with Gasteiger partial charge in [-0.25, -0.2) is 4.98 Å². The first-order valence-electron chi connectivity index (χ1n) is 12.9. The molecule has 4 aromatic rings. The Bertz CT molecular complexity index is 1650. The van der Waals surface area contributed by atoms with Crippen LogP contribution in [-0.2, 0) is 4.79 Å². The molecule has 0 atom stereocenters. The fourth-order valence-electron chi connectivity index (χ4n) is 4.81. The number of fused-ring (bicyclic) bond motifs is 1. The number of aromatic nitrogens is 2. The third-order valence-electron chi connectivity index (χ3n) is 6.72. The number of carbonyl (C=O) groups is 1. The first-order valence-corrected chi connectivity index (χ1v) is 13.3. The molecule has 0 saturated heterocycles. The molecule has 1 aliphatic carbocycles. The summed E-state index contributed by atoms with van der Waals surface area (Å²) in [5, 5.41) is 19.3. The van der Waals surface area contributed by atoms with Crippen molar-refractivity contribution in [2.45, 2.75) is 38.0 Å². The molecule has 1 fully saturated rings. The lowest BCUT2D eigenvalue weighted by atomic mass is 9.88. The molecule has 3 aromatic carbocycles. The van der Waals surface area contributed by atoms with Crippen molar-refractivity contribution in [2.24, 2.45) is 5.10 Å². The number of ether oxygens (including phenoxy) is 1. The van der Waals surface area contributed by atoms with Crippen LogP contribution < -0.4 is 15.6 Å². The Kier molecular flexibility index (Phi) is 8.16. The number of nitrogens with one attached hydrogen (secondary N) is 1. The summed E-state index contributed by atoms with van der Waals surface area (Å²) >= 11 is 6.36. The van der Waals surface area contributed by atoms with Crippen molar-refractivity contribution in [1.29, 1.82) is 0 Å². The molecule has 0 aliphatic heterocycles. The van der Waals surface area contributed by atoms with Crippen LogP contribution in [0.1, 0.15) is 49.4 Å². The molecule has 0 spiro atoms. The SMILES string of the molecule is O=C(COc1c(Cl)cc(C=Nn2c(C3CCCCC3)nc3ccccc3c2=O)cc1[N+](=O)[O-])Nc1ccccc1. The van der Waals surface area contributed by atoms with Crippen LogP contribution in [0, 0.1) is 10.1 Å². The van der Waals surface area contributed by atoms with E-state index in [2.05, 4.69) is 10.4 Å². The molecule has 40 heavy (non-hydrogen) atoms. The first-order chi connectivity index (χ1) is 19.4. The highest BCUT2D eigenvalue weighted by Crippen LogP contribution is 2.36. The Balaban J connectivity index is 1.44. The van der Waals surface area contributed by atoms with Gasteiger partial charge in [0.2, 0.25) is 5.75 Å². The second-order valence-corrected chi connectivity index (χ2v) is 9.90. The van der Waals surface area contributed by atoms with Crippen LogP contribution >= 0.6 is 11.6 Å². The second-order valence-electron chi connectivity index (χ2n) is 9.49. The molecule has 1 amide bonds. The summed E-state index contributed by atoms with van der Waals surface area (Å²) in [6.45, 7) is -0.480. The van der Waals surface area contributed by atoms with Crippen molar-refractivity contribution < 1.29 is 14.5 Å². The molecule has 1 aliphatic rings. The number of benzene rings is 3. The van der Waals surface area contributed by atoms with Crippen LogP contribution in [0.5, 0.6) is 5.75 Å². The maximum Gasteiger partial charge on any atom is 0.313 e. The van der Waals surface area contributed by atoms with Crippen molar-refractivity contribution in [3.05, 3.63) is 104 Å². The minimum absolute atomic E-state index is 0.0698. The molecule has 11 heteroatoms. The molecule has 10 nitrogen and oxygen atoms in total. The number of hydrogen-bond donors (Lipinski definition) is 1. The third kappa shape index (κ3) is 6.02. The number of para-hydroxylation sites is 2. The zero-order chi connectivity index (χ0) is 28.1. The quantitative estimate of drug-likeness (QED) is 0.162. The van der Waals surface area contributed by atoms with Gasteiger partial charge >= 0.3 is 5.69 Å². The van der Waals surface area contributed by atoms with Crippen molar-refractivity contribution in [1.82, 2.24) is 9.66 Å². The molecular formula is C29H26ClN5O5. The van der Waals surface area contributed by atoms with E-state index in [9.17, 15) is 19.7 Å². The highest BCUT2D eigenvalue weighted by atomic mass is 35.5. The van der Waals surface area contributed by atoms with Crippen LogP contribution in [0.15, 0.2) is 76.6 Å². The summed E-state index contributed by atoms with van der Waals surface area (Å²) in [7, 11) is 0. The molecule has 1 N–H and O–H groups in total. The summed E-state index contributed by atoms with van der Waals surface area (Å²) in [6, 6.07) is 18.5. The lowest BCUT2D eigenvalue weighted by Crippen LogP contribution is -2.25. The monoisotopic (exact) mass is 559 g/mol. The van der Waals surface area contributed by atoms with Crippen molar-refractivity contribution >= 4 is 46.0 Å². The van der Waals surface area contributed by atoms with E-state index < -0.39 is 23.1 Å². The fraction of sp³-hybridized carbons (Fsp3) is 0.241. The predicted octanol–water partition coefficient (Wildman–Crippen LogP) is 5.91. The van der Waals surface area contributed by atoms with Gasteiger partial charge in [-0.2, -0.15) is 9.78 Å². The zero-order valence-corrected chi connectivity index (χ0v) is 22.2. The van der Waals surface area contributed by atoms with E-state index in [4.69, 9.17) is 21.3 Å². The highest BCUT2D eigenvalue weighted by Gasteiger charge is 2.24. The average molecular weight is 560 g/mol. The minimum atomic E-state index is -0.648. The molecule has 0 bridgehead atoms. The highest BCUT2D eigenvalue weighted by molar-refractivity contribution is 6.32. The smallest absolute Gasteiger partial charge is 0.313 e. The number of rotatable bonds is 8. The maximum absolute atomic E-state index is 13.4. The van der Waals surface area contributed by atoms with Gasteiger partial charge in [0.05, 0.1) is 27.1 Å². The van der Waals surface area contributed by atoms with Gasteiger partial charge < -0.3 is 10.1 Å². The van der Waals surface area contributed by atoms with Gasteiger partial charge in [0.15, 0.2) is 6.61 Å². The summed E-state index contributed by atoms with van der Waals surface area (Å²) in [5.74, 6) is -0.0799. The largest absolute Gasteiger partial charge is 0.476 e. The normalized spacial score (nSPS) is 13.9. The number of halogens is 1. The van der Waals surface area contributed by atoms with E-state index in [0.717, 1.165) is 32.1 Å². The van der Waals surface area contributed by atoms with Crippen LogP contribution in [0.2, 0.25) is 5.02 Å². The van der Waals surface area contributed by atoms with E-state index in [-0.39, 0.29) is 27.8 Å². The number of amides is 1. The predicted molar refractivity (Wildman–Crippen MR) is 153 cm³/mol. The molecule has 1 saturated carbocycles. The van der Waals surface area contributed by atoms with Crippen LogP contribution in [0.25, 0.3) is 10.9 Å². The van der Waals surface area contributed by atoms with Gasteiger partial charge in [0, 0.05) is 23.2 Å². The van der Waals surface area contributed by atoms with E-state index in [0.29, 0.717) is 22.4 Å².